The van der Waals surface area contributed by atoms with E-state index in [9.17, 15) is 4.39 Å². The molecule has 4 heteroatoms. The summed E-state index contributed by atoms with van der Waals surface area (Å²) in [6, 6.07) is 5.52. The quantitative estimate of drug-likeness (QED) is 0.734. The molecule has 2 N–H and O–H groups in total. The van der Waals surface area contributed by atoms with Gasteiger partial charge in [0.2, 0.25) is 0 Å². The number of fused-ring (bicyclic) bond motifs is 1. The van der Waals surface area contributed by atoms with Crippen molar-refractivity contribution in [1.82, 2.24) is 4.37 Å². The molecule has 0 fully saturated rings. The van der Waals surface area contributed by atoms with Crippen molar-refractivity contribution in [3.05, 3.63) is 23.9 Å². The highest BCUT2D eigenvalue weighted by atomic mass is 32.1. The van der Waals surface area contributed by atoms with Gasteiger partial charge in [0.25, 0.3) is 0 Å². The van der Waals surface area contributed by atoms with Crippen LogP contribution in [0.15, 0.2) is 18.2 Å². The van der Waals surface area contributed by atoms with E-state index >= 15 is 0 Å². The Morgan fingerprint density at radius 2 is 2.14 bits per heavy atom. The second kappa shape index (κ2) is 2.92. The van der Waals surface area contributed by atoms with Crippen molar-refractivity contribution < 1.29 is 4.39 Å². The number of nitrogen functional groups attached to an aromatic ring is 1. The van der Waals surface area contributed by atoms with Gasteiger partial charge in [-0.25, -0.2) is 4.39 Å². The van der Waals surface area contributed by atoms with Gasteiger partial charge in [-0.2, -0.15) is 4.37 Å². The van der Waals surface area contributed by atoms with Gasteiger partial charge in [0.15, 0.2) is 0 Å². The minimum absolute atomic E-state index is 0.440. The fourth-order valence-electron chi connectivity index (χ4n) is 1.42. The molecule has 1 heterocycles. The van der Waals surface area contributed by atoms with Gasteiger partial charge in [0, 0.05) is 11.1 Å². The molecule has 14 heavy (non-hydrogen) atoms. The number of hydrogen-bond acceptors (Lipinski definition) is 3. The number of hydrogen-bond donors (Lipinski definition) is 1. The molecule has 0 bridgehead atoms. The smallest absolute Gasteiger partial charge is 0.148 e. The minimum atomic E-state index is -1.44. The Kier molecular flexibility index (Phi) is 1.96. The summed E-state index contributed by atoms with van der Waals surface area (Å²) in [6.07, 6.45) is 0. The maximum absolute atomic E-state index is 13.8. The fourth-order valence-corrected chi connectivity index (χ4v) is 2.37. The molecular formula is C10H11FN2S. The Morgan fingerprint density at radius 1 is 1.43 bits per heavy atom. The molecule has 1 aromatic heterocycles. The number of aromatic nitrogens is 1. The summed E-state index contributed by atoms with van der Waals surface area (Å²) in [4.78, 5) is 0. The monoisotopic (exact) mass is 210 g/mol. The van der Waals surface area contributed by atoms with Crippen molar-refractivity contribution in [3.63, 3.8) is 0 Å². The van der Waals surface area contributed by atoms with Crippen LogP contribution in [0.2, 0.25) is 0 Å². The van der Waals surface area contributed by atoms with Crippen LogP contribution < -0.4 is 5.73 Å². The maximum atomic E-state index is 13.8. The Bertz CT molecular complexity index is 470. The van der Waals surface area contributed by atoms with Crippen molar-refractivity contribution in [3.8, 4) is 0 Å². The Morgan fingerprint density at radius 3 is 2.79 bits per heavy atom. The summed E-state index contributed by atoms with van der Waals surface area (Å²) in [5.74, 6) is 0. The van der Waals surface area contributed by atoms with Crippen LogP contribution in [-0.4, -0.2) is 4.37 Å². The number of nitrogens with zero attached hydrogens (tertiary/aromatic N) is 1. The Hall–Kier alpha value is -1.16. The van der Waals surface area contributed by atoms with E-state index in [0.29, 0.717) is 11.4 Å². The largest absolute Gasteiger partial charge is 0.398 e. The number of nitrogens with two attached hydrogens (primary N) is 1. The fraction of sp³-hybridized carbons (Fsp3) is 0.300. The van der Waals surface area contributed by atoms with E-state index in [4.69, 9.17) is 5.73 Å². The highest BCUT2D eigenvalue weighted by Crippen LogP contribution is 2.35. The summed E-state index contributed by atoms with van der Waals surface area (Å²) in [7, 11) is 0. The normalized spacial score (nSPS) is 12.2. The Labute approximate surface area is 85.7 Å². The van der Waals surface area contributed by atoms with Crippen molar-refractivity contribution in [1.29, 1.82) is 0 Å². The lowest BCUT2D eigenvalue weighted by Crippen LogP contribution is -2.10. The molecule has 74 valence electrons. The summed E-state index contributed by atoms with van der Waals surface area (Å²) >= 11 is 1.28. The molecule has 0 aliphatic carbocycles. The molecule has 2 rings (SSSR count). The van der Waals surface area contributed by atoms with Crippen LogP contribution in [0.4, 0.5) is 10.1 Å². The molecule has 0 unspecified atom stereocenters. The number of rotatable bonds is 1. The summed E-state index contributed by atoms with van der Waals surface area (Å²) in [5.41, 5.74) is 5.40. The molecule has 2 aromatic rings. The van der Waals surface area contributed by atoms with Gasteiger partial charge in [-0.3, -0.25) is 0 Å². The van der Waals surface area contributed by atoms with E-state index in [-0.39, 0.29) is 0 Å². The van der Waals surface area contributed by atoms with E-state index in [1.807, 2.05) is 12.1 Å². The lowest BCUT2D eigenvalue weighted by molar-refractivity contribution is 0.218. The second-order valence-electron chi connectivity index (χ2n) is 3.72. The number of anilines is 1. The number of alkyl halides is 1. The topological polar surface area (TPSA) is 38.9 Å². The summed E-state index contributed by atoms with van der Waals surface area (Å²) in [6.45, 7) is 2.99. The van der Waals surface area contributed by atoms with Gasteiger partial charge < -0.3 is 5.73 Å². The number of halogens is 1. The van der Waals surface area contributed by atoms with Crippen molar-refractivity contribution in [2.24, 2.45) is 0 Å². The van der Waals surface area contributed by atoms with Crippen LogP contribution >= 0.6 is 11.5 Å². The average Bonchev–Trinajstić information content (AvgIpc) is 2.47. The molecule has 0 amide bonds. The Balaban J connectivity index is 2.80. The summed E-state index contributed by atoms with van der Waals surface area (Å²) < 4.78 is 18.8. The molecule has 0 aliphatic rings. The molecule has 1 aromatic carbocycles. The molecule has 0 spiro atoms. The lowest BCUT2D eigenvalue weighted by Gasteiger charge is -2.11. The van der Waals surface area contributed by atoms with Gasteiger partial charge in [-0.05, 0) is 37.5 Å². The first-order chi connectivity index (χ1) is 6.50. The second-order valence-corrected chi connectivity index (χ2v) is 4.53. The standard InChI is InChI=1S/C10H11FN2S/c1-10(2,11)9-8-6(12)4-3-5-7(8)14-13-9/h3-5H,12H2,1-2H3. The molecule has 0 saturated heterocycles. The van der Waals surface area contributed by atoms with Crippen molar-refractivity contribution in [2.45, 2.75) is 19.5 Å². The third-order valence-corrected chi connectivity index (χ3v) is 2.90. The average molecular weight is 210 g/mol. The molecule has 0 atom stereocenters. The van der Waals surface area contributed by atoms with Crippen LogP contribution in [0, 0.1) is 0 Å². The van der Waals surface area contributed by atoms with Gasteiger partial charge >= 0.3 is 0 Å². The SMILES string of the molecule is CC(C)(F)c1nsc2cccc(N)c12. The van der Waals surface area contributed by atoms with E-state index in [1.54, 1.807) is 6.07 Å². The van der Waals surface area contributed by atoms with Crippen LogP contribution in [0.1, 0.15) is 19.5 Å². The van der Waals surface area contributed by atoms with Crippen LogP contribution in [0.3, 0.4) is 0 Å². The first kappa shape index (κ1) is 9.40. The van der Waals surface area contributed by atoms with Gasteiger partial charge in [-0.1, -0.05) is 6.07 Å². The van der Waals surface area contributed by atoms with E-state index < -0.39 is 5.67 Å². The highest BCUT2D eigenvalue weighted by Gasteiger charge is 2.25. The molecule has 2 nitrogen and oxygen atoms in total. The predicted molar refractivity (Wildman–Crippen MR) is 58.2 cm³/mol. The van der Waals surface area contributed by atoms with Crippen LogP contribution in [0.5, 0.6) is 0 Å². The highest BCUT2D eigenvalue weighted by molar-refractivity contribution is 7.13. The molecule has 0 aliphatic heterocycles. The van der Waals surface area contributed by atoms with E-state index in [1.165, 1.54) is 25.4 Å². The van der Waals surface area contributed by atoms with Crippen LogP contribution in [-0.2, 0) is 5.67 Å². The first-order valence-electron chi connectivity index (χ1n) is 4.33. The first-order valence-corrected chi connectivity index (χ1v) is 5.11. The predicted octanol–water partition coefficient (Wildman–Crippen LogP) is 3.08. The van der Waals surface area contributed by atoms with E-state index in [2.05, 4.69) is 4.37 Å². The minimum Gasteiger partial charge on any atom is -0.398 e. The summed E-state index contributed by atoms with van der Waals surface area (Å²) in [5, 5.41) is 0.755. The molecule has 0 saturated carbocycles. The van der Waals surface area contributed by atoms with Gasteiger partial charge in [0.05, 0.1) is 4.70 Å². The number of benzene rings is 1. The third-order valence-electron chi connectivity index (χ3n) is 2.09. The maximum Gasteiger partial charge on any atom is 0.148 e. The molecule has 0 radical (unpaired) electrons. The zero-order valence-electron chi connectivity index (χ0n) is 8.04. The van der Waals surface area contributed by atoms with Crippen LogP contribution in [0.25, 0.3) is 10.1 Å². The lowest BCUT2D eigenvalue weighted by atomic mass is 10.0. The third kappa shape index (κ3) is 1.35. The van der Waals surface area contributed by atoms with Crippen molar-refractivity contribution >= 4 is 27.3 Å². The van der Waals surface area contributed by atoms with E-state index in [0.717, 1.165) is 10.1 Å². The zero-order valence-corrected chi connectivity index (χ0v) is 8.86. The van der Waals surface area contributed by atoms with Gasteiger partial charge in [0.1, 0.15) is 11.4 Å². The zero-order chi connectivity index (χ0) is 10.3. The van der Waals surface area contributed by atoms with Gasteiger partial charge in [-0.15, -0.1) is 0 Å². The molecular weight excluding hydrogens is 199 g/mol. The van der Waals surface area contributed by atoms with Crippen molar-refractivity contribution in [2.75, 3.05) is 5.73 Å².